The van der Waals surface area contributed by atoms with Crippen LogP contribution in [-0.4, -0.2) is 11.5 Å². The van der Waals surface area contributed by atoms with Crippen LogP contribution in [0.25, 0.3) is 0 Å². The second-order valence-electron chi connectivity index (χ2n) is 1.65. The number of hydrogen-bond acceptors (Lipinski definition) is 1. The summed E-state index contributed by atoms with van der Waals surface area (Å²) in [7, 11) is 0. The molecule has 0 bridgehead atoms. The first-order valence-electron chi connectivity index (χ1n) is 3.45. The van der Waals surface area contributed by atoms with Gasteiger partial charge in [0.25, 0.3) is 0 Å². The van der Waals surface area contributed by atoms with Gasteiger partial charge in [0.15, 0.2) is 0 Å². The summed E-state index contributed by atoms with van der Waals surface area (Å²) < 4.78 is 0. The molecule has 0 atom stereocenters. The molecule has 0 aromatic rings. The molecule has 0 radical (unpaired) electrons. The van der Waals surface area contributed by atoms with Crippen LogP contribution in [0.1, 0.15) is 26.7 Å². The van der Waals surface area contributed by atoms with Crippen LogP contribution in [0.4, 0.5) is 0 Å². The van der Waals surface area contributed by atoms with Gasteiger partial charge in [0.1, 0.15) is 0 Å². The molecule has 0 saturated carbocycles. The van der Waals surface area contributed by atoms with E-state index >= 15 is 0 Å². The third-order valence-electron chi connectivity index (χ3n) is 0.877. The summed E-state index contributed by atoms with van der Waals surface area (Å²) in [5, 5.41) is 0. The smallest absolute Gasteiger partial charge is 0.0180 e. The van der Waals surface area contributed by atoms with Crippen molar-refractivity contribution in [3.05, 3.63) is 0 Å². The Kier molecular flexibility index (Phi) is 7.83. The maximum absolute atomic E-state index is 3.10. The Labute approximate surface area is 62.4 Å². The Morgan fingerprint density at radius 3 is 2.56 bits per heavy atom. The summed E-state index contributed by atoms with van der Waals surface area (Å²) in [6, 6.07) is 0. The van der Waals surface area contributed by atoms with Crippen LogP contribution in [0, 0.1) is 11.8 Å². The van der Waals surface area contributed by atoms with Crippen LogP contribution in [0.2, 0.25) is 0 Å². The average molecular weight is 142 g/mol. The lowest BCUT2D eigenvalue weighted by atomic mass is 10.4. The average Bonchev–Trinajstić information content (AvgIpc) is 1.89. The molecule has 0 aromatic carbocycles. The van der Waals surface area contributed by atoms with E-state index in [9.17, 15) is 0 Å². The van der Waals surface area contributed by atoms with Crippen molar-refractivity contribution in [3.8, 4) is 11.8 Å². The van der Waals surface area contributed by atoms with E-state index in [0.717, 1.165) is 12.8 Å². The minimum Gasteiger partial charge on any atom is -0.161 e. The summed E-state index contributed by atoms with van der Waals surface area (Å²) in [4.78, 5) is 0. The Bertz CT molecular complexity index is 96.9. The van der Waals surface area contributed by atoms with E-state index < -0.39 is 0 Å². The minimum atomic E-state index is 0.997. The van der Waals surface area contributed by atoms with Gasteiger partial charge in [-0.3, -0.25) is 0 Å². The first-order chi connectivity index (χ1) is 4.41. The van der Waals surface area contributed by atoms with Crippen LogP contribution in [0.3, 0.4) is 0 Å². The third-order valence-corrected chi connectivity index (χ3v) is 1.78. The van der Waals surface area contributed by atoms with Crippen molar-refractivity contribution in [1.29, 1.82) is 0 Å². The molecule has 0 N–H and O–H groups in total. The molecule has 0 heterocycles. The van der Waals surface area contributed by atoms with Crippen molar-refractivity contribution in [2.45, 2.75) is 26.7 Å². The zero-order chi connectivity index (χ0) is 6.95. The van der Waals surface area contributed by atoms with Crippen LogP contribution in [0.5, 0.6) is 0 Å². The molecule has 0 fully saturated rings. The van der Waals surface area contributed by atoms with E-state index in [0.29, 0.717) is 0 Å². The van der Waals surface area contributed by atoms with Gasteiger partial charge in [-0.15, -0.1) is 11.8 Å². The van der Waals surface area contributed by atoms with Gasteiger partial charge in [-0.25, -0.2) is 0 Å². The van der Waals surface area contributed by atoms with E-state index in [2.05, 4.69) is 25.7 Å². The van der Waals surface area contributed by atoms with Gasteiger partial charge < -0.3 is 0 Å². The first-order valence-corrected chi connectivity index (χ1v) is 4.60. The van der Waals surface area contributed by atoms with Crippen LogP contribution < -0.4 is 0 Å². The molecule has 0 amide bonds. The maximum atomic E-state index is 3.10. The number of thioether (sulfide) groups is 1. The van der Waals surface area contributed by atoms with Crippen molar-refractivity contribution >= 4 is 11.8 Å². The molecule has 9 heavy (non-hydrogen) atoms. The Morgan fingerprint density at radius 2 is 2.00 bits per heavy atom. The molecule has 52 valence electrons. The lowest BCUT2D eigenvalue weighted by Crippen LogP contribution is -1.75. The highest BCUT2D eigenvalue weighted by molar-refractivity contribution is 7.99. The monoisotopic (exact) mass is 142 g/mol. The van der Waals surface area contributed by atoms with E-state index in [1.807, 2.05) is 11.8 Å². The topological polar surface area (TPSA) is 0 Å². The van der Waals surface area contributed by atoms with E-state index in [4.69, 9.17) is 0 Å². The number of hydrogen-bond donors (Lipinski definition) is 0. The quantitative estimate of drug-likeness (QED) is 0.431. The van der Waals surface area contributed by atoms with E-state index in [1.165, 1.54) is 11.5 Å². The maximum Gasteiger partial charge on any atom is 0.0180 e. The second-order valence-corrected chi connectivity index (χ2v) is 3.05. The lowest BCUT2D eigenvalue weighted by molar-refractivity contribution is 1.24. The zero-order valence-electron chi connectivity index (χ0n) is 6.24. The van der Waals surface area contributed by atoms with Gasteiger partial charge in [0.05, 0.1) is 0 Å². The molecule has 0 unspecified atom stereocenters. The fourth-order valence-electron chi connectivity index (χ4n) is 0.481. The summed E-state index contributed by atoms with van der Waals surface area (Å²) in [6.07, 6.45) is 2.06. The molecular weight excluding hydrogens is 128 g/mol. The van der Waals surface area contributed by atoms with Crippen LogP contribution >= 0.6 is 11.8 Å². The highest BCUT2D eigenvalue weighted by Crippen LogP contribution is 1.98. The first kappa shape index (κ1) is 8.91. The zero-order valence-corrected chi connectivity index (χ0v) is 7.05. The fourth-order valence-corrected chi connectivity index (χ4v) is 1.02. The van der Waals surface area contributed by atoms with Crippen molar-refractivity contribution in [3.63, 3.8) is 0 Å². The van der Waals surface area contributed by atoms with E-state index in [1.54, 1.807) is 0 Å². The number of rotatable bonds is 3. The fraction of sp³-hybridized carbons (Fsp3) is 0.750. The predicted molar refractivity (Wildman–Crippen MR) is 45.7 cm³/mol. The van der Waals surface area contributed by atoms with Crippen molar-refractivity contribution in [1.82, 2.24) is 0 Å². The molecule has 0 aromatic heterocycles. The molecule has 0 rings (SSSR count). The van der Waals surface area contributed by atoms with Gasteiger partial charge in [-0.1, -0.05) is 13.8 Å². The van der Waals surface area contributed by atoms with Gasteiger partial charge in [-0.05, 0) is 5.75 Å². The molecule has 0 saturated heterocycles. The molecule has 1 heteroatoms. The predicted octanol–water partition coefficient (Wildman–Crippen LogP) is 2.54. The summed E-state index contributed by atoms with van der Waals surface area (Å²) in [5.41, 5.74) is 0. The highest BCUT2D eigenvalue weighted by Gasteiger charge is 1.78. The van der Waals surface area contributed by atoms with Gasteiger partial charge in [0, 0.05) is 18.6 Å². The Balaban J connectivity index is 2.90. The van der Waals surface area contributed by atoms with Gasteiger partial charge >= 0.3 is 0 Å². The Hall–Kier alpha value is -0.0900. The van der Waals surface area contributed by atoms with Crippen molar-refractivity contribution < 1.29 is 0 Å². The molecule has 0 nitrogen and oxygen atoms in total. The van der Waals surface area contributed by atoms with Crippen molar-refractivity contribution in [2.24, 2.45) is 0 Å². The standard InChI is InChI=1S/C8H14S/c1-3-5-6-7-8-9-4-2/h3-4,7-8H2,1-2H3. The second kappa shape index (κ2) is 7.91. The van der Waals surface area contributed by atoms with Gasteiger partial charge in [-0.2, -0.15) is 11.8 Å². The summed E-state index contributed by atoms with van der Waals surface area (Å²) in [6.45, 7) is 4.26. The molecule has 0 aliphatic carbocycles. The molecular formula is C8H14S. The van der Waals surface area contributed by atoms with Crippen LogP contribution in [-0.2, 0) is 0 Å². The largest absolute Gasteiger partial charge is 0.161 e. The third kappa shape index (κ3) is 7.91. The van der Waals surface area contributed by atoms with Crippen LogP contribution in [0.15, 0.2) is 0 Å². The van der Waals surface area contributed by atoms with E-state index in [-0.39, 0.29) is 0 Å². The molecule has 0 aliphatic rings. The van der Waals surface area contributed by atoms with Crippen molar-refractivity contribution in [2.75, 3.05) is 11.5 Å². The highest BCUT2D eigenvalue weighted by atomic mass is 32.2. The molecule has 0 aliphatic heterocycles. The Morgan fingerprint density at radius 1 is 1.22 bits per heavy atom. The minimum absolute atomic E-state index is 0.997. The summed E-state index contributed by atoms with van der Waals surface area (Å²) >= 11 is 1.96. The lowest BCUT2D eigenvalue weighted by Gasteiger charge is -1.87. The normalized spacial score (nSPS) is 8.22. The van der Waals surface area contributed by atoms with Gasteiger partial charge in [0.2, 0.25) is 0 Å². The summed E-state index contributed by atoms with van der Waals surface area (Å²) in [5.74, 6) is 8.56. The SMILES string of the molecule is CCC#CCCSCC. The molecule has 0 spiro atoms.